The summed E-state index contributed by atoms with van der Waals surface area (Å²) in [5.74, 6) is 0.101. The first-order chi connectivity index (χ1) is 5.75. The second-order valence-electron chi connectivity index (χ2n) is 2.92. The van der Waals surface area contributed by atoms with Gasteiger partial charge in [-0.2, -0.15) is 0 Å². The Bertz CT molecular complexity index is 304. The van der Waals surface area contributed by atoms with E-state index in [1.54, 1.807) is 5.38 Å². The molecular weight excluding hydrogens is 174 g/mol. The van der Waals surface area contributed by atoms with E-state index in [4.69, 9.17) is 5.11 Å². The number of thiophene rings is 1. The lowest BCUT2D eigenvalue weighted by Gasteiger charge is -1.97. The lowest BCUT2D eigenvalue weighted by atomic mass is 10.4. The summed E-state index contributed by atoms with van der Waals surface area (Å²) in [7, 11) is 0. The van der Waals surface area contributed by atoms with E-state index in [9.17, 15) is 4.79 Å². The first-order valence-corrected chi connectivity index (χ1v) is 4.72. The highest BCUT2D eigenvalue weighted by Gasteiger charge is 2.24. The molecule has 0 unspecified atom stereocenters. The van der Waals surface area contributed by atoms with Crippen molar-refractivity contribution in [3.05, 3.63) is 16.3 Å². The zero-order chi connectivity index (χ0) is 8.55. The van der Waals surface area contributed by atoms with Gasteiger partial charge < -0.3 is 10.4 Å². The van der Waals surface area contributed by atoms with Crippen LogP contribution in [0, 0.1) is 0 Å². The third kappa shape index (κ3) is 1.58. The third-order valence-electron chi connectivity index (χ3n) is 1.72. The minimum absolute atomic E-state index is 0.0669. The Balaban J connectivity index is 2.03. The highest BCUT2D eigenvalue weighted by Crippen LogP contribution is 2.23. The van der Waals surface area contributed by atoms with Gasteiger partial charge in [0.1, 0.15) is 5.75 Å². The predicted octanol–water partition coefficient (Wildman–Crippen LogP) is 1.35. The molecule has 1 aromatic rings. The van der Waals surface area contributed by atoms with Gasteiger partial charge in [0.15, 0.2) is 0 Å². The molecule has 1 amide bonds. The normalized spacial score (nSPS) is 16.0. The van der Waals surface area contributed by atoms with Crippen molar-refractivity contribution in [3.63, 3.8) is 0 Å². The molecule has 4 heteroatoms. The van der Waals surface area contributed by atoms with Crippen molar-refractivity contribution in [1.29, 1.82) is 0 Å². The van der Waals surface area contributed by atoms with Gasteiger partial charge in [0.25, 0.3) is 5.91 Å². The molecule has 1 fully saturated rings. The van der Waals surface area contributed by atoms with Gasteiger partial charge in [0, 0.05) is 17.5 Å². The summed E-state index contributed by atoms with van der Waals surface area (Å²) < 4.78 is 0. The van der Waals surface area contributed by atoms with Crippen LogP contribution in [0.25, 0.3) is 0 Å². The molecular formula is C8H9NO2S. The molecule has 0 radical (unpaired) electrons. The lowest BCUT2D eigenvalue weighted by molar-refractivity contribution is 0.0955. The van der Waals surface area contributed by atoms with E-state index in [-0.39, 0.29) is 11.7 Å². The summed E-state index contributed by atoms with van der Waals surface area (Å²) in [4.78, 5) is 11.9. The Labute approximate surface area is 74.0 Å². The van der Waals surface area contributed by atoms with E-state index in [0.717, 1.165) is 12.8 Å². The number of aromatic hydroxyl groups is 1. The van der Waals surface area contributed by atoms with Gasteiger partial charge >= 0.3 is 0 Å². The molecule has 12 heavy (non-hydrogen) atoms. The average Bonchev–Trinajstić information content (AvgIpc) is 2.72. The van der Waals surface area contributed by atoms with Crippen molar-refractivity contribution in [2.24, 2.45) is 0 Å². The summed E-state index contributed by atoms with van der Waals surface area (Å²) in [5.41, 5.74) is 0. The number of rotatable bonds is 2. The highest BCUT2D eigenvalue weighted by atomic mass is 32.1. The molecule has 0 aliphatic heterocycles. The first kappa shape index (κ1) is 7.61. The molecule has 1 aromatic heterocycles. The molecule has 0 aromatic carbocycles. The van der Waals surface area contributed by atoms with Gasteiger partial charge in [0.05, 0.1) is 4.88 Å². The number of nitrogens with one attached hydrogen (secondary N) is 1. The Kier molecular flexibility index (Phi) is 1.77. The second-order valence-corrected chi connectivity index (χ2v) is 3.83. The van der Waals surface area contributed by atoms with Crippen molar-refractivity contribution in [3.8, 4) is 5.75 Å². The van der Waals surface area contributed by atoms with E-state index >= 15 is 0 Å². The molecule has 64 valence electrons. The summed E-state index contributed by atoms with van der Waals surface area (Å²) in [5, 5.41) is 13.4. The number of carbonyl (C=O) groups excluding carboxylic acids is 1. The maximum Gasteiger partial charge on any atom is 0.261 e. The standard InChI is InChI=1S/C8H9NO2S/c10-6-3-7(12-4-6)8(11)9-5-1-2-5/h3-5,10H,1-2H2,(H,9,11). The smallest absolute Gasteiger partial charge is 0.261 e. The van der Waals surface area contributed by atoms with Crippen LogP contribution < -0.4 is 5.32 Å². The molecule has 3 nitrogen and oxygen atoms in total. The summed E-state index contributed by atoms with van der Waals surface area (Å²) >= 11 is 1.27. The van der Waals surface area contributed by atoms with Crippen LogP contribution in [0.1, 0.15) is 22.5 Å². The minimum atomic E-state index is -0.0669. The molecule has 1 heterocycles. The number of hydrogen-bond acceptors (Lipinski definition) is 3. The number of amides is 1. The Morgan fingerprint density at radius 1 is 1.67 bits per heavy atom. The predicted molar refractivity (Wildman–Crippen MR) is 46.5 cm³/mol. The maximum absolute atomic E-state index is 11.3. The van der Waals surface area contributed by atoms with Crippen LogP contribution in [0.15, 0.2) is 11.4 Å². The Morgan fingerprint density at radius 3 is 2.92 bits per heavy atom. The van der Waals surface area contributed by atoms with Gasteiger partial charge in [-0.1, -0.05) is 0 Å². The zero-order valence-electron chi connectivity index (χ0n) is 6.41. The van der Waals surface area contributed by atoms with Crippen LogP contribution in [0.5, 0.6) is 5.75 Å². The number of carbonyl (C=O) groups is 1. The Morgan fingerprint density at radius 2 is 2.42 bits per heavy atom. The SMILES string of the molecule is O=C(NC1CC1)c1cc(O)cs1. The monoisotopic (exact) mass is 183 g/mol. The largest absolute Gasteiger partial charge is 0.507 e. The van der Waals surface area contributed by atoms with Gasteiger partial charge in [-0.3, -0.25) is 4.79 Å². The fraction of sp³-hybridized carbons (Fsp3) is 0.375. The summed E-state index contributed by atoms with van der Waals surface area (Å²) in [6.07, 6.45) is 2.17. The van der Waals surface area contributed by atoms with Gasteiger partial charge in [-0.25, -0.2) is 0 Å². The molecule has 0 spiro atoms. The molecule has 1 saturated carbocycles. The fourth-order valence-corrected chi connectivity index (χ4v) is 1.60. The molecule has 2 rings (SSSR count). The second kappa shape index (κ2) is 2.79. The van der Waals surface area contributed by atoms with Gasteiger partial charge in [0.2, 0.25) is 0 Å². The lowest BCUT2D eigenvalue weighted by Crippen LogP contribution is -2.24. The molecule has 2 N–H and O–H groups in total. The van der Waals surface area contributed by atoms with E-state index in [0.29, 0.717) is 10.9 Å². The topological polar surface area (TPSA) is 49.3 Å². The van der Waals surface area contributed by atoms with Crippen LogP contribution in [-0.4, -0.2) is 17.1 Å². The molecule has 1 aliphatic rings. The van der Waals surface area contributed by atoms with E-state index in [1.807, 2.05) is 0 Å². The van der Waals surface area contributed by atoms with Gasteiger partial charge in [-0.15, -0.1) is 11.3 Å². The van der Waals surface area contributed by atoms with E-state index < -0.39 is 0 Å². The summed E-state index contributed by atoms with van der Waals surface area (Å²) in [6, 6.07) is 1.87. The van der Waals surface area contributed by atoms with Crippen LogP contribution in [0.2, 0.25) is 0 Å². The summed E-state index contributed by atoms with van der Waals surface area (Å²) in [6.45, 7) is 0. The van der Waals surface area contributed by atoms with E-state index in [2.05, 4.69) is 5.32 Å². The average molecular weight is 183 g/mol. The first-order valence-electron chi connectivity index (χ1n) is 3.84. The zero-order valence-corrected chi connectivity index (χ0v) is 7.23. The van der Waals surface area contributed by atoms with Crippen LogP contribution in [0.3, 0.4) is 0 Å². The van der Waals surface area contributed by atoms with Crippen molar-refractivity contribution in [2.75, 3.05) is 0 Å². The van der Waals surface area contributed by atoms with E-state index in [1.165, 1.54) is 17.4 Å². The highest BCUT2D eigenvalue weighted by molar-refractivity contribution is 7.12. The van der Waals surface area contributed by atoms with Crippen LogP contribution in [-0.2, 0) is 0 Å². The van der Waals surface area contributed by atoms with Crippen molar-refractivity contribution < 1.29 is 9.90 Å². The van der Waals surface area contributed by atoms with Crippen molar-refractivity contribution in [2.45, 2.75) is 18.9 Å². The fourth-order valence-electron chi connectivity index (χ4n) is 0.929. The minimum Gasteiger partial charge on any atom is -0.507 e. The molecule has 0 bridgehead atoms. The molecule has 0 saturated heterocycles. The number of hydrogen-bond donors (Lipinski definition) is 2. The van der Waals surface area contributed by atoms with Crippen LogP contribution in [0.4, 0.5) is 0 Å². The van der Waals surface area contributed by atoms with Crippen molar-refractivity contribution in [1.82, 2.24) is 5.32 Å². The quantitative estimate of drug-likeness (QED) is 0.727. The Hall–Kier alpha value is -1.03. The molecule has 0 atom stereocenters. The molecule has 1 aliphatic carbocycles. The maximum atomic E-state index is 11.3. The van der Waals surface area contributed by atoms with Crippen molar-refractivity contribution >= 4 is 17.2 Å². The third-order valence-corrected chi connectivity index (χ3v) is 2.64. The van der Waals surface area contributed by atoms with Gasteiger partial charge in [-0.05, 0) is 12.8 Å². The van der Waals surface area contributed by atoms with Crippen LogP contribution >= 0.6 is 11.3 Å².